The Labute approximate surface area is 193 Å². The van der Waals surface area contributed by atoms with Crippen molar-refractivity contribution in [3.8, 4) is 11.4 Å². The van der Waals surface area contributed by atoms with Gasteiger partial charge in [-0.25, -0.2) is 9.18 Å². The molecule has 0 aliphatic carbocycles. The van der Waals surface area contributed by atoms with E-state index in [1.54, 1.807) is 34.9 Å². The van der Waals surface area contributed by atoms with Crippen LogP contribution in [0, 0.1) is 5.82 Å². The summed E-state index contributed by atoms with van der Waals surface area (Å²) in [5, 5.41) is 13.6. The molecule has 8 nitrogen and oxygen atoms in total. The van der Waals surface area contributed by atoms with Crippen molar-refractivity contribution in [2.24, 2.45) is 0 Å². The second-order valence-corrected chi connectivity index (χ2v) is 7.90. The van der Waals surface area contributed by atoms with E-state index in [0.717, 1.165) is 17.3 Å². The largest absolute Gasteiger partial charge is 0.467 e. The predicted octanol–water partition coefficient (Wildman–Crippen LogP) is 3.84. The van der Waals surface area contributed by atoms with Crippen molar-refractivity contribution < 1.29 is 18.4 Å². The molecule has 2 aromatic heterocycles. The van der Waals surface area contributed by atoms with E-state index in [9.17, 15) is 14.0 Å². The van der Waals surface area contributed by atoms with Gasteiger partial charge in [0, 0.05) is 0 Å². The van der Waals surface area contributed by atoms with Crippen LogP contribution in [0.3, 0.4) is 0 Å². The molecule has 0 spiro atoms. The summed E-state index contributed by atoms with van der Waals surface area (Å²) in [6, 6.07) is 18.7. The third-order valence-corrected chi connectivity index (χ3v) is 5.57. The smallest absolute Gasteiger partial charge is 0.321 e. The molecule has 0 aliphatic heterocycles. The van der Waals surface area contributed by atoms with Crippen LogP contribution in [0.2, 0.25) is 0 Å². The van der Waals surface area contributed by atoms with E-state index < -0.39 is 17.8 Å². The Balaban J connectivity index is 1.45. The Morgan fingerprint density at radius 3 is 2.55 bits per heavy atom. The highest BCUT2D eigenvalue weighted by atomic mass is 32.2. The number of benzene rings is 2. The number of nitrogens with zero attached hydrogens (tertiary/aromatic N) is 3. The molecule has 4 aromatic rings. The van der Waals surface area contributed by atoms with Gasteiger partial charge in [-0.2, -0.15) is 0 Å². The molecular formula is C23H20FN5O3S. The summed E-state index contributed by atoms with van der Waals surface area (Å²) < 4.78 is 21.3. The first kappa shape index (κ1) is 22.3. The maximum Gasteiger partial charge on any atom is 0.321 e. The van der Waals surface area contributed by atoms with E-state index in [-0.39, 0.29) is 12.3 Å². The fraction of sp³-hybridized carbons (Fsp3) is 0.130. The molecule has 168 valence electrons. The lowest BCUT2D eigenvalue weighted by atomic mass is 10.2. The molecule has 3 amide bonds. The van der Waals surface area contributed by atoms with Gasteiger partial charge in [-0.15, -0.1) is 10.2 Å². The molecule has 0 fully saturated rings. The first-order chi connectivity index (χ1) is 16.1. The lowest BCUT2D eigenvalue weighted by molar-refractivity contribution is -0.117. The number of hydrogen-bond donors (Lipinski definition) is 2. The van der Waals surface area contributed by atoms with Gasteiger partial charge in [0.1, 0.15) is 11.6 Å². The van der Waals surface area contributed by atoms with E-state index in [1.807, 2.05) is 30.3 Å². The number of carbonyl (C=O) groups is 2. The third kappa shape index (κ3) is 5.86. The molecule has 33 heavy (non-hydrogen) atoms. The van der Waals surface area contributed by atoms with Crippen molar-refractivity contribution in [2.45, 2.75) is 18.2 Å². The van der Waals surface area contributed by atoms with E-state index in [0.29, 0.717) is 28.8 Å². The SMILES string of the molecule is O=C(CSc1nnc(-c2ccccc2F)n1Cc1ccccc1)NC(=O)NCc1ccco1. The molecule has 2 heterocycles. The van der Waals surface area contributed by atoms with E-state index >= 15 is 0 Å². The van der Waals surface area contributed by atoms with Gasteiger partial charge in [-0.05, 0) is 29.8 Å². The Kier molecular flexibility index (Phi) is 7.16. The van der Waals surface area contributed by atoms with Crippen molar-refractivity contribution in [3.05, 3.63) is 90.1 Å². The first-order valence-electron chi connectivity index (χ1n) is 10.0. The number of aromatic nitrogens is 3. The predicted molar refractivity (Wildman–Crippen MR) is 121 cm³/mol. The van der Waals surface area contributed by atoms with Gasteiger partial charge in [-0.1, -0.05) is 54.2 Å². The molecule has 0 bridgehead atoms. The fourth-order valence-corrected chi connectivity index (χ4v) is 3.80. The standard InChI is InChI=1S/C23H20FN5O3S/c24-19-11-5-4-10-18(19)21-27-28-23(29(21)14-16-7-2-1-3-8-16)33-15-20(30)26-22(31)25-13-17-9-6-12-32-17/h1-12H,13-15H2,(H2,25,26,30,31). The fourth-order valence-electron chi connectivity index (χ4n) is 3.06. The maximum atomic E-state index is 14.4. The summed E-state index contributed by atoms with van der Waals surface area (Å²) in [6.45, 7) is 0.557. The van der Waals surface area contributed by atoms with Crippen molar-refractivity contribution in [1.29, 1.82) is 0 Å². The maximum absolute atomic E-state index is 14.4. The van der Waals surface area contributed by atoms with Gasteiger partial charge in [0.25, 0.3) is 0 Å². The molecule has 0 unspecified atom stereocenters. The van der Waals surface area contributed by atoms with Crippen LogP contribution < -0.4 is 10.6 Å². The zero-order valence-electron chi connectivity index (χ0n) is 17.4. The van der Waals surface area contributed by atoms with Crippen LogP contribution in [0.15, 0.2) is 82.6 Å². The molecule has 0 radical (unpaired) electrons. The lowest BCUT2D eigenvalue weighted by Gasteiger charge is -2.11. The quantitative estimate of drug-likeness (QED) is 0.384. The van der Waals surface area contributed by atoms with Gasteiger partial charge < -0.3 is 9.73 Å². The minimum Gasteiger partial charge on any atom is -0.467 e. The first-order valence-corrected chi connectivity index (χ1v) is 11.0. The summed E-state index contributed by atoms with van der Waals surface area (Å²) in [4.78, 5) is 24.2. The highest BCUT2D eigenvalue weighted by molar-refractivity contribution is 7.99. The number of carbonyl (C=O) groups excluding carboxylic acids is 2. The van der Waals surface area contributed by atoms with Gasteiger partial charge in [-0.3, -0.25) is 14.7 Å². The second kappa shape index (κ2) is 10.6. The molecule has 4 rings (SSSR count). The summed E-state index contributed by atoms with van der Waals surface area (Å²) in [6.07, 6.45) is 1.50. The molecule has 0 saturated heterocycles. The number of halogens is 1. The zero-order valence-corrected chi connectivity index (χ0v) is 18.2. The number of thioether (sulfide) groups is 1. The number of amides is 3. The number of rotatable bonds is 8. The Bertz CT molecular complexity index is 1230. The topological polar surface area (TPSA) is 102 Å². The van der Waals surface area contributed by atoms with Crippen LogP contribution in [0.1, 0.15) is 11.3 Å². The van der Waals surface area contributed by atoms with Crippen molar-refractivity contribution >= 4 is 23.7 Å². The van der Waals surface area contributed by atoms with Gasteiger partial charge >= 0.3 is 6.03 Å². The number of furan rings is 1. The van der Waals surface area contributed by atoms with Crippen molar-refractivity contribution in [3.63, 3.8) is 0 Å². The number of imide groups is 1. The van der Waals surface area contributed by atoms with Crippen LogP contribution in [0.5, 0.6) is 0 Å². The van der Waals surface area contributed by atoms with Crippen LogP contribution in [-0.2, 0) is 17.9 Å². The highest BCUT2D eigenvalue weighted by Gasteiger charge is 2.19. The van der Waals surface area contributed by atoms with Crippen LogP contribution >= 0.6 is 11.8 Å². The zero-order chi connectivity index (χ0) is 23.0. The molecule has 0 atom stereocenters. The minimum atomic E-state index is -0.630. The summed E-state index contributed by atoms with van der Waals surface area (Å²) in [5.74, 6) is -0.0589. The average Bonchev–Trinajstić information content (AvgIpc) is 3.48. The minimum absolute atomic E-state index is 0.0711. The van der Waals surface area contributed by atoms with Crippen molar-refractivity contribution in [1.82, 2.24) is 25.4 Å². The van der Waals surface area contributed by atoms with E-state index in [4.69, 9.17) is 4.42 Å². The van der Waals surface area contributed by atoms with Crippen LogP contribution in [0.25, 0.3) is 11.4 Å². The van der Waals surface area contributed by atoms with E-state index in [2.05, 4.69) is 20.8 Å². The molecule has 0 aliphatic rings. The van der Waals surface area contributed by atoms with Crippen molar-refractivity contribution in [2.75, 3.05) is 5.75 Å². The van der Waals surface area contributed by atoms with Gasteiger partial charge in [0.15, 0.2) is 11.0 Å². The van der Waals surface area contributed by atoms with Gasteiger partial charge in [0.2, 0.25) is 5.91 Å². The summed E-state index contributed by atoms with van der Waals surface area (Å²) in [7, 11) is 0. The van der Waals surface area contributed by atoms with Crippen LogP contribution in [0.4, 0.5) is 9.18 Å². The molecular weight excluding hydrogens is 445 g/mol. The lowest BCUT2D eigenvalue weighted by Crippen LogP contribution is -2.39. The van der Waals surface area contributed by atoms with E-state index in [1.165, 1.54) is 12.3 Å². The normalized spacial score (nSPS) is 10.7. The van der Waals surface area contributed by atoms with Crippen LogP contribution in [-0.4, -0.2) is 32.5 Å². The number of hydrogen-bond acceptors (Lipinski definition) is 6. The molecule has 2 N–H and O–H groups in total. The number of nitrogens with one attached hydrogen (secondary N) is 2. The molecule has 2 aromatic carbocycles. The summed E-state index contributed by atoms with van der Waals surface area (Å²) in [5.41, 5.74) is 1.29. The molecule has 10 heteroatoms. The monoisotopic (exact) mass is 465 g/mol. The Morgan fingerprint density at radius 1 is 1.00 bits per heavy atom. The second-order valence-electron chi connectivity index (χ2n) is 6.96. The Morgan fingerprint density at radius 2 is 1.79 bits per heavy atom. The summed E-state index contributed by atoms with van der Waals surface area (Å²) >= 11 is 1.11. The third-order valence-electron chi connectivity index (χ3n) is 4.60. The number of urea groups is 1. The average molecular weight is 466 g/mol. The Hall–Kier alpha value is -3.92. The molecule has 0 saturated carbocycles. The van der Waals surface area contributed by atoms with Gasteiger partial charge in [0.05, 0.1) is 30.7 Å². The highest BCUT2D eigenvalue weighted by Crippen LogP contribution is 2.26.